The lowest BCUT2D eigenvalue weighted by Crippen LogP contribution is -2.14. The molecule has 1 aromatic carbocycles. The zero-order valence-electron chi connectivity index (χ0n) is 9.36. The van der Waals surface area contributed by atoms with E-state index in [0.29, 0.717) is 12.1 Å². The molecule has 19 heavy (non-hydrogen) atoms. The summed E-state index contributed by atoms with van der Waals surface area (Å²) in [7, 11) is 0. The summed E-state index contributed by atoms with van der Waals surface area (Å²) in [5, 5.41) is 3.65. The van der Waals surface area contributed by atoms with Crippen molar-refractivity contribution in [2.24, 2.45) is 0 Å². The maximum atomic E-state index is 13.5. The van der Waals surface area contributed by atoms with Crippen molar-refractivity contribution >= 4 is 5.78 Å². The second-order valence-electron chi connectivity index (χ2n) is 3.71. The molecule has 100 valence electrons. The van der Waals surface area contributed by atoms with E-state index in [-0.39, 0.29) is 6.54 Å². The number of nitrogens with zero attached hydrogens (tertiary/aromatic N) is 3. The van der Waals surface area contributed by atoms with Crippen LogP contribution in [0.15, 0.2) is 30.9 Å². The number of aromatic nitrogens is 3. The van der Waals surface area contributed by atoms with Gasteiger partial charge in [-0.25, -0.2) is 14.1 Å². The Morgan fingerprint density at radius 1 is 1.32 bits per heavy atom. The van der Waals surface area contributed by atoms with Crippen LogP contribution in [0.1, 0.15) is 15.9 Å². The van der Waals surface area contributed by atoms with Gasteiger partial charge in [-0.3, -0.25) is 4.79 Å². The van der Waals surface area contributed by atoms with Gasteiger partial charge in [0.05, 0.1) is 11.1 Å². The lowest BCUT2D eigenvalue weighted by atomic mass is 10.1. The Morgan fingerprint density at radius 3 is 2.58 bits per heavy atom. The molecule has 0 unspecified atom stereocenters. The van der Waals surface area contributed by atoms with Gasteiger partial charge in [-0.05, 0) is 18.2 Å². The average Bonchev–Trinajstić information content (AvgIpc) is 2.80. The second-order valence-corrected chi connectivity index (χ2v) is 3.71. The van der Waals surface area contributed by atoms with Crippen LogP contribution in [0.4, 0.5) is 17.6 Å². The molecule has 0 saturated heterocycles. The molecule has 0 N–H and O–H groups in total. The zero-order valence-corrected chi connectivity index (χ0v) is 9.36. The first-order chi connectivity index (χ1) is 8.88. The van der Waals surface area contributed by atoms with Gasteiger partial charge in [0.15, 0.2) is 5.78 Å². The fourth-order valence-electron chi connectivity index (χ4n) is 1.46. The third-order valence-electron chi connectivity index (χ3n) is 2.37. The predicted octanol–water partition coefficient (Wildman–Crippen LogP) is 2.32. The predicted molar refractivity (Wildman–Crippen MR) is 55.8 cm³/mol. The van der Waals surface area contributed by atoms with Crippen LogP contribution in [0.25, 0.3) is 0 Å². The molecule has 0 spiro atoms. The minimum atomic E-state index is -4.64. The van der Waals surface area contributed by atoms with Crippen molar-refractivity contribution in [1.82, 2.24) is 14.8 Å². The van der Waals surface area contributed by atoms with E-state index in [0.717, 1.165) is 10.7 Å². The summed E-state index contributed by atoms with van der Waals surface area (Å²) in [6, 6.07) is 1.78. The monoisotopic (exact) mass is 273 g/mol. The molecular weight excluding hydrogens is 266 g/mol. The van der Waals surface area contributed by atoms with Crippen molar-refractivity contribution in [2.75, 3.05) is 0 Å². The number of ketones is 1. The summed E-state index contributed by atoms with van der Waals surface area (Å²) in [4.78, 5) is 15.3. The number of Topliss-reactive ketones (excluding diaryl/α,β-unsaturated/α-hetero) is 1. The number of benzene rings is 1. The molecule has 0 aliphatic rings. The molecule has 0 atom stereocenters. The fourth-order valence-corrected chi connectivity index (χ4v) is 1.46. The Kier molecular flexibility index (Phi) is 3.32. The van der Waals surface area contributed by atoms with E-state index in [2.05, 4.69) is 10.1 Å². The Balaban J connectivity index is 2.24. The summed E-state index contributed by atoms with van der Waals surface area (Å²) in [6.07, 6.45) is -2.20. The van der Waals surface area contributed by atoms with Crippen LogP contribution in [0.3, 0.4) is 0 Å². The van der Waals surface area contributed by atoms with Gasteiger partial charge in [0.1, 0.15) is 25.0 Å². The molecule has 0 fully saturated rings. The van der Waals surface area contributed by atoms with Crippen LogP contribution >= 0.6 is 0 Å². The first-order valence-corrected chi connectivity index (χ1v) is 5.10. The lowest BCUT2D eigenvalue weighted by Gasteiger charge is -2.08. The number of halogens is 4. The molecule has 1 heterocycles. The third kappa shape index (κ3) is 2.95. The van der Waals surface area contributed by atoms with Crippen molar-refractivity contribution in [1.29, 1.82) is 0 Å². The summed E-state index contributed by atoms with van der Waals surface area (Å²) in [5.74, 6) is -1.89. The topological polar surface area (TPSA) is 47.8 Å². The highest BCUT2D eigenvalue weighted by atomic mass is 19.4. The molecule has 0 amide bonds. The van der Waals surface area contributed by atoms with Gasteiger partial charge >= 0.3 is 6.18 Å². The van der Waals surface area contributed by atoms with E-state index >= 15 is 0 Å². The molecule has 0 aliphatic heterocycles. The lowest BCUT2D eigenvalue weighted by molar-refractivity contribution is -0.137. The Morgan fingerprint density at radius 2 is 2.05 bits per heavy atom. The van der Waals surface area contributed by atoms with E-state index in [1.54, 1.807) is 0 Å². The van der Waals surface area contributed by atoms with Crippen molar-refractivity contribution in [3.63, 3.8) is 0 Å². The van der Waals surface area contributed by atoms with Gasteiger partial charge in [-0.1, -0.05) is 0 Å². The largest absolute Gasteiger partial charge is 0.416 e. The molecule has 8 heteroatoms. The smallest absolute Gasteiger partial charge is 0.292 e. The Bertz CT molecular complexity index is 592. The zero-order chi connectivity index (χ0) is 14.0. The van der Waals surface area contributed by atoms with E-state index in [1.165, 1.54) is 12.7 Å². The van der Waals surface area contributed by atoms with Crippen molar-refractivity contribution in [3.8, 4) is 0 Å². The Labute approximate surface area is 104 Å². The summed E-state index contributed by atoms with van der Waals surface area (Å²) in [6.45, 7) is -0.289. The number of carbonyl (C=O) groups excluding carboxylic acids is 1. The van der Waals surface area contributed by atoms with E-state index in [9.17, 15) is 22.4 Å². The van der Waals surface area contributed by atoms with Crippen molar-refractivity contribution in [2.45, 2.75) is 12.7 Å². The van der Waals surface area contributed by atoms with Crippen LogP contribution in [-0.4, -0.2) is 20.5 Å². The summed E-state index contributed by atoms with van der Waals surface area (Å²) in [5.41, 5.74) is -1.55. The molecule has 0 radical (unpaired) electrons. The normalized spacial score (nSPS) is 11.6. The van der Waals surface area contributed by atoms with Gasteiger partial charge in [0.2, 0.25) is 0 Å². The van der Waals surface area contributed by atoms with Gasteiger partial charge < -0.3 is 0 Å². The highest BCUT2D eigenvalue weighted by Gasteiger charge is 2.31. The van der Waals surface area contributed by atoms with Crippen LogP contribution in [0.5, 0.6) is 0 Å². The number of rotatable bonds is 3. The molecule has 0 bridgehead atoms. The maximum absolute atomic E-state index is 13.5. The highest BCUT2D eigenvalue weighted by molar-refractivity contribution is 5.96. The fraction of sp³-hybridized carbons (Fsp3) is 0.182. The quantitative estimate of drug-likeness (QED) is 0.637. The van der Waals surface area contributed by atoms with Gasteiger partial charge in [-0.2, -0.15) is 18.3 Å². The van der Waals surface area contributed by atoms with E-state index in [1.807, 2.05) is 0 Å². The number of alkyl halides is 3. The molecular formula is C11H7F4N3O. The van der Waals surface area contributed by atoms with Gasteiger partial charge in [0.25, 0.3) is 0 Å². The number of hydrogen-bond donors (Lipinski definition) is 0. The first-order valence-electron chi connectivity index (χ1n) is 5.10. The van der Waals surface area contributed by atoms with E-state index < -0.39 is 28.9 Å². The van der Waals surface area contributed by atoms with Crippen molar-refractivity contribution in [3.05, 3.63) is 47.8 Å². The molecule has 1 aromatic heterocycles. The minimum Gasteiger partial charge on any atom is -0.292 e. The molecule has 2 aromatic rings. The highest BCUT2D eigenvalue weighted by Crippen LogP contribution is 2.30. The average molecular weight is 273 g/mol. The molecule has 2 rings (SSSR count). The first kappa shape index (κ1) is 13.2. The molecule has 4 nitrogen and oxygen atoms in total. The van der Waals surface area contributed by atoms with Gasteiger partial charge in [0, 0.05) is 0 Å². The standard InChI is InChI=1S/C11H7F4N3O/c12-9-3-7(11(13,14)15)1-2-8(9)10(19)4-18-6-16-5-17-18/h1-3,5-6H,4H2. The number of hydrogen-bond acceptors (Lipinski definition) is 3. The summed E-state index contributed by atoms with van der Waals surface area (Å²) >= 11 is 0. The van der Waals surface area contributed by atoms with Crippen LogP contribution in [0.2, 0.25) is 0 Å². The van der Waals surface area contributed by atoms with Crippen LogP contribution in [0, 0.1) is 5.82 Å². The summed E-state index contributed by atoms with van der Waals surface area (Å²) < 4.78 is 51.6. The second kappa shape index (κ2) is 4.79. The molecule has 0 aliphatic carbocycles. The van der Waals surface area contributed by atoms with E-state index in [4.69, 9.17) is 0 Å². The Hall–Kier alpha value is -2.25. The molecule has 0 saturated carbocycles. The third-order valence-corrected chi connectivity index (χ3v) is 2.37. The minimum absolute atomic E-state index is 0.289. The SMILES string of the molecule is O=C(Cn1cncn1)c1ccc(C(F)(F)F)cc1F. The van der Waals surface area contributed by atoms with Crippen LogP contribution in [-0.2, 0) is 12.7 Å². The van der Waals surface area contributed by atoms with Gasteiger partial charge in [-0.15, -0.1) is 0 Å². The maximum Gasteiger partial charge on any atom is 0.416 e. The number of carbonyl (C=O) groups is 1. The van der Waals surface area contributed by atoms with Crippen LogP contribution < -0.4 is 0 Å². The van der Waals surface area contributed by atoms with Crippen molar-refractivity contribution < 1.29 is 22.4 Å².